The van der Waals surface area contributed by atoms with E-state index < -0.39 is 210 Å². The second-order valence-corrected chi connectivity index (χ2v) is 26.0. The van der Waals surface area contributed by atoms with E-state index in [1.165, 1.54) is 64.1 Å². The van der Waals surface area contributed by atoms with Gasteiger partial charge in [0, 0.05) is 68.1 Å². The molecule has 0 radical (unpaired) electrons. The maximum Gasteiger partial charge on any atom is 0.350 e. The summed E-state index contributed by atoms with van der Waals surface area (Å²) in [6.45, 7) is 8.48. The number of amides is 2. The fraction of sp³-hybridized carbons (Fsp3) is 0.471. The summed E-state index contributed by atoms with van der Waals surface area (Å²) in [6.07, 6.45) is -14.7. The normalized spacial score (nSPS) is 28.1. The number of aliphatic carboxylic acids is 1. The molecule has 25 nitrogen and oxygen atoms in total. The Hall–Kier alpha value is -9.49. The molecule has 1 aliphatic heterocycles. The number of rotatable bonds is 24. The van der Waals surface area contributed by atoms with Crippen LogP contribution >= 0.6 is 0 Å². The minimum atomic E-state index is -2.67. The molecule has 2 bridgehead atoms. The highest BCUT2D eigenvalue weighted by Gasteiger charge is 2.79. The van der Waals surface area contributed by atoms with Gasteiger partial charge in [0.05, 0.1) is 36.3 Å². The van der Waals surface area contributed by atoms with Crippen molar-refractivity contribution in [3.63, 3.8) is 0 Å². The molecular weight excluding hydrogens is 1230 g/mol. The van der Waals surface area contributed by atoms with Gasteiger partial charge in [-0.1, -0.05) is 130 Å². The molecule has 1 saturated heterocycles. The molecule has 3 saturated carbocycles. The van der Waals surface area contributed by atoms with Crippen LogP contribution in [0.3, 0.4) is 0 Å². The third-order valence-electron chi connectivity index (χ3n) is 19.6. The van der Waals surface area contributed by atoms with Gasteiger partial charge in [-0.25, -0.2) is 9.59 Å². The van der Waals surface area contributed by atoms with E-state index in [9.17, 15) is 63.5 Å². The van der Waals surface area contributed by atoms with Gasteiger partial charge in [-0.3, -0.25) is 53.3 Å². The first-order valence-corrected chi connectivity index (χ1v) is 31.4. The first-order chi connectivity index (χ1) is 45.0. The standard InChI is InChI=1S/C70H77N3O22/c1-38-30-49(76)46(47(38)36-73(87)88)33-53(77)71-48(28-29-54(78)79)64(83)72-58(44-24-16-10-17-25-44)60(93-56(81)32-43-22-14-9-15-23-43)66(85)91-50-35-70(86)63(94-65(84)45-26-18-11-19-27-45)61-68(7,62(82)59(90-40(3)74)57(39(50)2)67(70,5)6)51(34-52-69(61,37-89-52)95-41(4)75)92-55(80)31-42-20-12-8-13-21-42/h8-27,38,46-48,50-52,58-61,63,86H,28-37H2,1-7H3,(H,71,77)(H,72,83)(H,78,79)/t38-,46-,47+,48-,50+,51+,52-,58+,59-,60-,61+,63+,68-,69+,70-/m1/s1. The minimum Gasteiger partial charge on any atom is -0.481 e. The molecule has 504 valence electrons. The highest BCUT2D eigenvalue weighted by Crippen LogP contribution is 2.65. The molecule has 0 aromatic heterocycles. The van der Waals surface area contributed by atoms with Crippen LogP contribution in [-0.4, -0.2) is 147 Å². The molecule has 95 heavy (non-hydrogen) atoms. The van der Waals surface area contributed by atoms with Crippen LogP contribution in [0, 0.1) is 44.6 Å². The number of carboxylic acids is 1. The highest BCUT2D eigenvalue weighted by molar-refractivity contribution is 5.96. The number of ketones is 2. The molecule has 0 spiro atoms. The zero-order chi connectivity index (χ0) is 68.9. The van der Waals surface area contributed by atoms with Crippen LogP contribution in [0.25, 0.3) is 0 Å². The van der Waals surface area contributed by atoms with Gasteiger partial charge in [0.1, 0.15) is 47.9 Å². The van der Waals surface area contributed by atoms with Crippen LogP contribution in [0.4, 0.5) is 0 Å². The van der Waals surface area contributed by atoms with Crippen molar-refractivity contribution < 1.29 is 101 Å². The third kappa shape index (κ3) is 14.6. The van der Waals surface area contributed by atoms with Gasteiger partial charge in [-0.05, 0) is 66.2 Å². The fourth-order valence-electron chi connectivity index (χ4n) is 14.8. The molecule has 4 aromatic rings. The van der Waals surface area contributed by atoms with Crippen molar-refractivity contribution in [2.24, 2.45) is 34.5 Å². The van der Waals surface area contributed by atoms with E-state index in [0.29, 0.717) is 11.1 Å². The molecule has 2 amide bonds. The number of nitrogens with one attached hydrogen (secondary N) is 2. The molecule has 15 atom stereocenters. The van der Waals surface area contributed by atoms with Gasteiger partial charge in [-0.2, -0.15) is 0 Å². The van der Waals surface area contributed by atoms with E-state index in [0.717, 1.165) is 13.8 Å². The molecule has 4 N–H and O–H groups in total. The number of nitrogens with zero attached hydrogens (tertiary/aromatic N) is 1. The van der Waals surface area contributed by atoms with Crippen LogP contribution in [0.1, 0.15) is 120 Å². The Kier molecular flexibility index (Phi) is 21.0. The summed E-state index contributed by atoms with van der Waals surface area (Å²) >= 11 is 0. The largest absolute Gasteiger partial charge is 0.481 e. The smallest absolute Gasteiger partial charge is 0.350 e. The summed E-state index contributed by atoms with van der Waals surface area (Å²) in [4.78, 5) is 169. The van der Waals surface area contributed by atoms with Crippen LogP contribution in [0.15, 0.2) is 132 Å². The SMILES string of the molecule is CC(=O)O[C@H]1C(=O)[C@]2(C)[C@@H](OC(=O)Cc3ccccc3)C[C@H]3OC[C@@]3(OC(C)=O)[C@H]2[C@H](OC(=O)c2ccccc2)[C@]2(O)C[C@H](OC(=O)[C@H](OC(=O)Cc3ccccc3)[C@@H](NC(=O)[C@@H](CCC(=O)O)NC(=O)C[C@H]3C(=O)C[C@@H](C)[C@@H]3C[N+](=O)[O-])c3ccccc3)C(C)=C1C2(C)C. The second kappa shape index (κ2) is 28.6. The van der Waals surface area contributed by atoms with E-state index >= 15 is 9.59 Å². The number of Topliss-reactive ketones (excluding diaryl/α,β-unsaturated/α-hetero) is 2. The Morgan fingerprint density at radius 2 is 1.36 bits per heavy atom. The van der Waals surface area contributed by atoms with E-state index in [2.05, 4.69) is 10.6 Å². The number of esters is 6. The highest BCUT2D eigenvalue weighted by atomic mass is 16.6. The van der Waals surface area contributed by atoms with Crippen LogP contribution < -0.4 is 10.6 Å². The summed E-state index contributed by atoms with van der Waals surface area (Å²) in [5.41, 5.74) is -8.02. The van der Waals surface area contributed by atoms with Crippen molar-refractivity contribution in [3.05, 3.63) is 165 Å². The molecular formula is C70H77N3O22. The maximum absolute atomic E-state index is 16.6. The summed E-state index contributed by atoms with van der Waals surface area (Å²) < 4.78 is 44.2. The van der Waals surface area contributed by atoms with Crippen LogP contribution in [0.5, 0.6) is 0 Å². The Balaban J connectivity index is 1.18. The van der Waals surface area contributed by atoms with Crippen molar-refractivity contribution in [2.45, 2.75) is 160 Å². The first-order valence-electron chi connectivity index (χ1n) is 31.4. The number of carboxylic acid groups (broad SMARTS) is 1. The Morgan fingerprint density at radius 3 is 1.92 bits per heavy atom. The Labute approximate surface area is 547 Å². The maximum atomic E-state index is 16.6. The lowest BCUT2D eigenvalue weighted by Crippen LogP contribution is -2.82. The average Bonchev–Trinajstić information content (AvgIpc) is 0.915. The van der Waals surface area contributed by atoms with Gasteiger partial charge >= 0.3 is 41.8 Å². The van der Waals surface area contributed by atoms with Gasteiger partial charge in [0.2, 0.25) is 24.5 Å². The summed E-state index contributed by atoms with van der Waals surface area (Å²) in [7, 11) is 0. The molecule has 25 heteroatoms. The van der Waals surface area contributed by atoms with Crippen molar-refractivity contribution in [2.75, 3.05) is 13.2 Å². The van der Waals surface area contributed by atoms with E-state index in [1.54, 1.807) is 91.9 Å². The predicted molar refractivity (Wildman–Crippen MR) is 331 cm³/mol. The molecule has 1 heterocycles. The number of carbonyl (C=O) groups is 11. The predicted octanol–water partition coefficient (Wildman–Crippen LogP) is 5.87. The lowest BCUT2D eigenvalue weighted by molar-refractivity contribution is -0.490. The van der Waals surface area contributed by atoms with Gasteiger partial charge < -0.3 is 54.0 Å². The van der Waals surface area contributed by atoms with Crippen molar-refractivity contribution >= 4 is 65.2 Å². The monoisotopic (exact) mass is 1310 g/mol. The zero-order valence-electron chi connectivity index (χ0n) is 53.6. The summed E-state index contributed by atoms with van der Waals surface area (Å²) in [5.74, 6) is -15.3. The summed E-state index contributed by atoms with van der Waals surface area (Å²) in [6, 6.07) is 28.3. The summed E-state index contributed by atoms with van der Waals surface area (Å²) in [5, 5.41) is 41.1. The van der Waals surface area contributed by atoms with Crippen molar-refractivity contribution in [3.8, 4) is 0 Å². The fourth-order valence-corrected chi connectivity index (χ4v) is 14.8. The number of hydrogen-bond acceptors (Lipinski definition) is 21. The second-order valence-electron chi connectivity index (χ2n) is 26.0. The number of ether oxygens (including phenoxy) is 7. The molecule has 0 unspecified atom stereocenters. The lowest BCUT2D eigenvalue weighted by Gasteiger charge is -2.67. The number of hydrogen-bond donors (Lipinski definition) is 4. The molecule has 4 fully saturated rings. The number of fused-ring (bicyclic) bond motifs is 5. The average molecular weight is 1310 g/mol. The minimum absolute atomic E-state index is 0.0162. The molecule has 4 aromatic carbocycles. The topological polar surface area (TPSA) is 360 Å². The third-order valence-corrected chi connectivity index (χ3v) is 19.6. The lowest BCUT2D eigenvalue weighted by atomic mass is 9.44. The number of carbonyl (C=O) groups excluding carboxylic acids is 10. The number of benzene rings is 4. The molecule has 9 rings (SSSR count). The van der Waals surface area contributed by atoms with E-state index in [4.69, 9.17) is 33.2 Å². The van der Waals surface area contributed by atoms with Gasteiger partial charge in [0.15, 0.2) is 17.5 Å². The number of nitro groups is 1. The zero-order valence-corrected chi connectivity index (χ0v) is 53.6. The Bertz CT molecular complexity index is 3660. The van der Waals surface area contributed by atoms with Gasteiger partial charge in [-0.15, -0.1) is 0 Å². The van der Waals surface area contributed by atoms with Crippen LogP contribution in [0.2, 0.25) is 0 Å². The first kappa shape index (κ1) is 69.8. The van der Waals surface area contributed by atoms with E-state index in [-0.39, 0.29) is 41.5 Å². The number of aliphatic hydroxyl groups is 1. The van der Waals surface area contributed by atoms with Crippen LogP contribution in [-0.2, 0) is 93.9 Å². The quantitative estimate of drug-likeness (QED) is 0.0209. The van der Waals surface area contributed by atoms with Gasteiger partial charge in [0.25, 0.3) is 0 Å². The van der Waals surface area contributed by atoms with E-state index in [1.807, 2.05) is 0 Å². The van der Waals surface area contributed by atoms with Crippen molar-refractivity contribution in [1.29, 1.82) is 0 Å². The van der Waals surface area contributed by atoms with Crippen molar-refractivity contribution in [1.82, 2.24) is 10.6 Å². The Morgan fingerprint density at radius 1 is 0.768 bits per heavy atom. The molecule has 5 aliphatic rings. The molecule has 4 aliphatic carbocycles.